The molecule has 0 saturated heterocycles. The van der Waals surface area contributed by atoms with Crippen LogP contribution in [0.1, 0.15) is 16.1 Å². The SMILES string of the molecule is Cc1ncccc1NC(=O)c1ccc([N+](=O)[O-])c(NN)c1. The average Bonchev–Trinajstić information content (AvgIpc) is 2.48. The number of nitrogens with zero attached hydrogens (tertiary/aromatic N) is 2. The fourth-order valence-electron chi connectivity index (χ4n) is 1.76. The molecule has 1 amide bonds. The van der Waals surface area contributed by atoms with Crippen LogP contribution >= 0.6 is 0 Å². The van der Waals surface area contributed by atoms with E-state index in [4.69, 9.17) is 5.84 Å². The zero-order chi connectivity index (χ0) is 15.4. The summed E-state index contributed by atoms with van der Waals surface area (Å²) in [5.74, 6) is 4.83. The van der Waals surface area contributed by atoms with Crippen molar-refractivity contribution >= 4 is 23.0 Å². The molecule has 0 unspecified atom stereocenters. The number of carbonyl (C=O) groups is 1. The summed E-state index contributed by atoms with van der Waals surface area (Å²) in [5, 5.41) is 13.5. The lowest BCUT2D eigenvalue weighted by Gasteiger charge is -2.08. The summed E-state index contributed by atoms with van der Waals surface area (Å²) in [4.78, 5) is 26.4. The number of nitro groups is 1. The van der Waals surface area contributed by atoms with Crippen LogP contribution < -0.4 is 16.6 Å². The standard InChI is InChI=1S/C13H13N5O3/c1-8-10(3-2-6-15-8)16-13(19)9-4-5-12(18(20)21)11(7-9)17-14/h2-7,17H,14H2,1H3,(H,16,19). The van der Waals surface area contributed by atoms with E-state index in [-0.39, 0.29) is 16.9 Å². The molecule has 0 radical (unpaired) electrons. The average molecular weight is 287 g/mol. The third kappa shape index (κ3) is 3.12. The molecule has 0 aliphatic rings. The summed E-state index contributed by atoms with van der Waals surface area (Å²) in [6, 6.07) is 7.32. The van der Waals surface area contributed by atoms with E-state index in [9.17, 15) is 14.9 Å². The molecule has 0 atom stereocenters. The fraction of sp³-hybridized carbons (Fsp3) is 0.0769. The molecule has 0 fully saturated rings. The normalized spacial score (nSPS) is 10.0. The van der Waals surface area contributed by atoms with E-state index in [0.29, 0.717) is 11.4 Å². The number of benzene rings is 1. The summed E-state index contributed by atoms with van der Waals surface area (Å²) >= 11 is 0. The van der Waals surface area contributed by atoms with E-state index in [0.717, 1.165) is 0 Å². The first-order valence-corrected chi connectivity index (χ1v) is 6.01. The fourth-order valence-corrected chi connectivity index (χ4v) is 1.76. The van der Waals surface area contributed by atoms with Gasteiger partial charge in [0, 0.05) is 17.8 Å². The highest BCUT2D eigenvalue weighted by Crippen LogP contribution is 2.25. The molecule has 21 heavy (non-hydrogen) atoms. The van der Waals surface area contributed by atoms with Gasteiger partial charge in [0.25, 0.3) is 11.6 Å². The topological polar surface area (TPSA) is 123 Å². The highest BCUT2D eigenvalue weighted by atomic mass is 16.6. The molecular formula is C13H13N5O3. The molecule has 0 aliphatic heterocycles. The van der Waals surface area contributed by atoms with Gasteiger partial charge in [-0.25, -0.2) is 0 Å². The Bertz CT molecular complexity index is 702. The smallest absolute Gasteiger partial charge is 0.293 e. The number of nitro benzene ring substituents is 1. The summed E-state index contributed by atoms with van der Waals surface area (Å²) in [7, 11) is 0. The quantitative estimate of drug-likeness (QED) is 0.448. The Balaban J connectivity index is 2.28. The Hall–Kier alpha value is -3.00. The zero-order valence-electron chi connectivity index (χ0n) is 11.2. The molecule has 0 aliphatic carbocycles. The first kappa shape index (κ1) is 14.4. The Labute approximate surface area is 120 Å². The van der Waals surface area contributed by atoms with Gasteiger partial charge < -0.3 is 10.7 Å². The second-order valence-corrected chi connectivity index (χ2v) is 4.22. The Kier molecular flexibility index (Phi) is 4.10. The van der Waals surface area contributed by atoms with Crippen molar-refractivity contribution in [2.45, 2.75) is 6.92 Å². The molecule has 4 N–H and O–H groups in total. The summed E-state index contributed by atoms with van der Waals surface area (Å²) in [6.07, 6.45) is 1.62. The number of hydrazine groups is 1. The van der Waals surface area contributed by atoms with Gasteiger partial charge in [-0.3, -0.25) is 25.7 Å². The summed E-state index contributed by atoms with van der Waals surface area (Å²) in [5.41, 5.74) is 3.57. The third-order valence-electron chi connectivity index (χ3n) is 2.87. The lowest BCUT2D eigenvalue weighted by atomic mass is 10.1. The van der Waals surface area contributed by atoms with E-state index < -0.39 is 10.8 Å². The second-order valence-electron chi connectivity index (χ2n) is 4.22. The zero-order valence-corrected chi connectivity index (χ0v) is 11.2. The highest BCUT2D eigenvalue weighted by molar-refractivity contribution is 6.05. The maximum absolute atomic E-state index is 12.1. The van der Waals surface area contributed by atoms with Crippen LogP contribution in [0.5, 0.6) is 0 Å². The number of nitrogens with one attached hydrogen (secondary N) is 2. The number of hydrogen-bond donors (Lipinski definition) is 3. The molecule has 1 aromatic carbocycles. The Morgan fingerprint density at radius 2 is 2.10 bits per heavy atom. The molecule has 0 saturated carbocycles. The molecule has 8 nitrogen and oxygen atoms in total. The number of rotatable bonds is 4. The molecule has 2 rings (SSSR count). The van der Waals surface area contributed by atoms with Crippen LogP contribution in [0, 0.1) is 17.0 Å². The molecule has 0 spiro atoms. The van der Waals surface area contributed by atoms with E-state index in [2.05, 4.69) is 15.7 Å². The van der Waals surface area contributed by atoms with Gasteiger partial charge in [-0.05, 0) is 31.2 Å². The van der Waals surface area contributed by atoms with E-state index >= 15 is 0 Å². The minimum absolute atomic E-state index is 0.0653. The number of amides is 1. The monoisotopic (exact) mass is 287 g/mol. The van der Waals surface area contributed by atoms with Crippen LogP contribution in [0.25, 0.3) is 0 Å². The van der Waals surface area contributed by atoms with Gasteiger partial charge >= 0.3 is 0 Å². The number of nitrogen functional groups attached to an aromatic ring is 1. The largest absolute Gasteiger partial charge is 0.320 e. The van der Waals surface area contributed by atoms with Crippen molar-refractivity contribution in [3.05, 3.63) is 57.9 Å². The minimum Gasteiger partial charge on any atom is -0.320 e. The number of aryl methyl sites for hydroxylation is 1. The maximum atomic E-state index is 12.1. The predicted octanol–water partition coefficient (Wildman–Crippen LogP) is 1.84. The van der Waals surface area contributed by atoms with Gasteiger partial charge in [0.05, 0.1) is 16.3 Å². The third-order valence-corrected chi connectivity index (χ3v) is 2.87. The number of anilines is 2. The van der Waals surface area contributed by atoms with Crippen LogP contribution in [0.3, 0.4) is 0 Å². The minimum atomic E-state index is -0.581. The number of pyridine rings is 1. The highest BCUT2D eigenvalue weighted by Gasteiger charge is 2.16. The first-order valence-electron chi connectivity index (χ1n) is 6.01. The first-order chi connectivity index (χ1) is 10.0. The summed E-state index contributed by atoms with van der Waals surface area (Å²) in [6.45, 7) is 1.76. The van der Waals surface area contributed by atoms with Crippen molar-refractivity contribution in [3.8, 4) is 0 Å². The van der Waals surface area contributed by atoms with Crippen LogP contribution in [-0.2, 0) is 0 Å². The van der Waals surface area contributed by atoms with Gasteiger partial charge in [-0.1, -0.05) is 0 Å². The van der Waals surface area contributed by atoms with E-state index in [1.54, 1.807) is 25.3 Å². The predicted molar refractivity (Wildman–Crippen MR) is 77.8 cm³/mol. The summed E-state index contributed by atoms with van der Waals surface area (Å²) < 4.78 is 0. The number of aromatic nitrogens is 1. The maximum Gasteiger partial charge on any atom is 0.293 e. The molecule has 2 aromatic rings. The van der Waals surface area contributed by atoms with Crippen LogP contribution in [0.4, 0.5) is 17.1 Å². The van der Waals surface area contributed by atoms with Crippen molar-refractivity contribution in [1.29, 1.82) is 0 Å². The molecule has 1 heterocycles. The van der Waals surface area contributed by atoms with Gasteiger partial charge in [0.1, 0.15) is 5.69 Å². The van der Waals surface area contributed by atoms with Crippen molar-refractivity contribution in [2.24, 2.45) is 5.84 Å². The van der Waals surface area contributed by atoms with Crippen LogP contribution in [0.15, 0.2) is 36.5 Å². The second kappa shape index (κ2) is 5.97. The van der Waals surface area contributed by atoms with Crippen LogP contribution in [-0.4, -0.2) is 15.8 Å². The Morgan fingerprint density at radius 1 is 1.33 bits per heavy atom. The van der Waals surface area contributed by atoms with Gasteiger partial charge in [0.2, 0.25) is 0 Å². The van der Waals surface area contributed by atoms with Gasteiger partial charge in [-0.2, -0.15) is 0 Å². The molecule has 108 valence electrons. The number of carbonyl (C=O) groups excluding carboxylic acids is 1. The van der Waals surface area contributed by atoms with Crippen molar-refractivity contribution in [3.63, 3.8) is 0 Å². The van der Waals surface area contributed by atoms with Crippen molar-refractivity contribution < 1.29 is 9.72 Å². The molecular weight excluding hydrogens is 274 g/mol. The Morgan fingerprint density at radius 3 is 2.71 bits per heavy atom. The van der Waals surface area contributed by atoms with Crippen molar-refractivity contribution in [1.82, 2.24) is 4.98 Å². The lowest BCUT2D eigenvalue weighted by Crippen LogP contribution is -2.15. The van der Waals surface area contributed by atoms with E-state index in [1.807, 2.05) is 0 Å². The number of hydrogen-bond acceptors (Lipinski definition) is 6. The van der Waals surface area contributed by atoms with E-state index in [1.165, 1.54) is 18.2 Å². The van der Waals surface area contributed by atoms with Gasteiger partial charge in [-0.15, -0.1) is 0 Å². The molecule has 1 aromatic heterocycles. The lowest BCUT2D eigenvalue weighted by molar-refractivity contribution is -0.384. The number of nitrogens with two attached hydrogens (primary N) is 1. The molecule has 0 bridgehead atoms. The van der Waals surface area contributed by atoms with Crippen molar-refractivity contribution in [2.75, 3.05) is 10.7 Å². The molecule has 8 heteroatoms. The van der Waals surface area contributed by atoms with Crippen LogP contribution in [0.2, 0.25) is 0 Å². The van der Waals surface area contributed by atoms with Gasteiger partial charge in [0.15, 0.2) is 0 Å².